The Kier molecular flexibility index (Phi) is 4.56. The zero-order chi connectivity index (χ0) is 12.8. The monoisotopic (exact) mass is 245 g/mol. The van der Waals surface area contributed by atoms with Gasteiger partial charge < -0.3 is 14.8 Å². The first-order valence-corrected chi connectivity index (χ1v) is 6.30. The second-order valence-electron chi connectivity index (χ2n) is 4.25. The van der Waals surface area contributed by atoms with E-state index in [0.29, 0.717) is 6.54 Å². The molecule has 0 amide bonds. The summed E-state index contributed by atoms with van der Waals surface area (Å²) in [5, 5.41) is 12.7. The number of furan rings is 1. The second-order valence-corrected chi connectivity index (χ2v) is 4.25. The molecule has 1 atom stereocenters. The summed E-state index contributed by atoms with van der Waals surface area (Å²) in [6, 6.07) is 13.8. The van der Waals surface area contributed by atoms with Gasteiger partial charge >= 0.3 is 0 Å². The number of benzene rings is 1. The van der Waals surface area contributed by atoms with Gasteiger partial charge in [0.25, 0.3) is 0 Å². The number of aryl methyl sites for hydroxylation is 1. The van der Waals surface area contributed by atoms with Crippen molar-refractivity contribution < 1.29 is 9.52 Å². The van der Waals surface area contributed by atoms with Crippen LogP contribution in [0.5, 0.6) is 0 Å². The summed E-state index contributed by atoms with van der Waals surface area (Å²) >= 11 is 0. The van der Waals surface area contributed by atoms with E-state index in [-0.39, 0.29) is 12.6 Å². The van der Waals surface area contributed by atoms with Crippen LogP contribution in [0.25, 0.3) is 0 Å². The van der Waals surface area contributed by atoms with E-state index in [9.17, 15) is 5.11 Å². The molecule has 0 unspecified atom stereocenters. The standard InChI is InChI=1S/C15H19NO2/c1-2-13-8-9-14(18-13)10-16-15(11-17)12-6-4-3-5-7-12/h3-9,15-17H,2,10-11H2,1H3/t15-/m0/s1. The molecular weight excluding hydrogens is 226 g/mol. The summed E-state index contributed by atoms with van der Waals surface area (Å²) in [6.07, 6.45) is 0.905. The van der Waals surface area contributed by atoms with Gasteiger partial charge in [-0.3, -0.25) is 0 Å². The maximum absolute atomic E-state index is 9.42. The van der Waals surface area contributed by atoms with Gasteiger partial charge in [-0.1, -0.05) is 37.3 Å². The van der Waals surface area contributed by atoms with E-state index < -0.39 is 0 Å². The van der Waals surface area contributed by atoms with Crippen molar-refractivity contribution in [3.63, 3.8) is 0 Å². The summed E-state index contributed by atoms with van der Waals surface area (Å²) in [7, 11) is 0. The number of hydrogen-bond acceptors (Lipinski definition) is 3. The van der Waals surface area contributed by atoms with Crippen LogP contribution in [0.4, 0.5) is 0 Å². The highest BCUT2D eigenvalue weighted by molar-refractivity contribution is 5.19. The molecule has 18 heavy (non-hydrogen) atoms. The number of aliphatic hydroxyl groups is 1. The largest absolute Gasteiger partial charge is 0.465 e. The quantitative estimate of drug-likeness (QED) is 0.822. The van der Waals surface area contributed by atoms with Crippen LogP contribution in [0.2, 0.25) is 0 Å². The lowest BCUT2D eigenvalue weighted by Gasteiger charge is -2.15. The average Bonchev–Trinajstić information content (AvgIpc) is 2.89. The second kappa shape index (κ2) is 6.38. The SMILES string of the molecule is CCc1ccc(CN[C@@H](CO)c2ccccc2)o1. The van der Waals surface area contributed by atoms with Crippen molar-refractivity contribution in [3.05, 3.63) is 59.5 Å². The topological polar surface area (TPSA) is 45.4 Å². The van der Waals surface area contributed by atoms with E-state index in [1.54, 1.807) is 0 Å². The fourth-order valence-corrected chi connectivity index (χ4v) is 1.90. The van der Waals surface area contributed by atoms with E-state index >= 15 is 0 Å². The van der Waals surface area contributed by atoms with Crippen LogP contribution in [0.1, 0.15) is 30.0 Å². The highest BCUT2D eigenvalue weighted by atomic mass is 16.3. The van der Waals surface area contributed by atoms with Crippen molar-refractivity contribution >= 4 is 0 Å². The molecule has 2 N–H and O–H groups in total. The van der Waals surface area contributed by atoms with Gasteiger partial charge in [-0.25, -0.2) is 0 Å². The van der Waals surface area contributed by atoms with Crippen molar-refractivity contribution in [1.29, 1.82) is 0 Å². The van der Waals surface area contributed by atoms with E-state index in [1.807, 2.05) is 42.5 Å². The molecule has 0 radical (unpaired) electrons. The van der Waals surface area contributed by atoms with Crippen molar-refractivity contribution in [2.75, 3.05) is 6.61 Å². The molecule has 0 fully saturated rings. The summed E-state index contributed by atoms with van der Waals surface area (Å²) < 4.78 is 5.62. The molecule has 3 nitrogen and oxygen atoms in total. The molecule has 0 aliphatic heterocycles. The van der Waals surface area contributed by atoms with Crippen LogP contribution in [0, 0.1) is 0 Å². The third kappa shape index (κ3) is 3.22. The van der Waals surface area contributed by atoms with Gasteiger partial charge in [0.1, 0.15) is 11.5 Å². The molecule has 0 aliphatic rings. The van der Waals surface area contributed by atoms with E-state index in [2.05, 4.69) is 12.2 Å². The summed E-state index contributed by atoms with van der Waals surface area (Å²) in [6.45, 7) is 2.77. The lowest BCUT2D eigenvalue weighted by Crippen LogP contribution is -2.23. The van der Waals surface area contributed by atoms with Gasteiger partial charge in [0.05, 0.1) is 19.2 Å². The molecule has 1 aromatic carbocycles. The van der Waals surface area contributed by atoms with Gasteiger partial charge in [0.15, 0.2) is 0 Å². The Morgan fingerprint density at radius 1 is 1.11 bits per heavy atom. The Morgan fingerprint density at radius 3 is 2.44 bits per heavy atom. The number of nitrogens with one attached hydrogen (secondary N) is 1. The minimum atomic E-state index is -0.0543. The zero-order valence-corrected chi connectivity index (χ0v) is 10.6. The Morgan fingerprint density at radius 2 is 1.83 bits per heavy atom. The third-order valence-corrected chi connectivity index (χ3v) is 2.97. The molecule has 0 saturated carbocycles. The molecule has 0 bridgehead atoms. The molecule has 0 aliphatic carbocycles. The van der Waals surface area contributed by atoms with Crippen molar-refractivity contribution in [3.8, 4) is 0 Å². The number of rotatable bonds is 6. The molecule has 2 aromatic rings. The lowest BCUT2D eigenvalue weighted by molar-refractivity contribution is 0.240. The number of hydrogen-bond donors (Lipinski definition) is 2. The van der Waals surface area contributed by atoms with Crippen LogP contribution >= 0.6 is 0 Å². The van der Waals surface area contributed by atoms with Crippen LogP contribution in [0.15, 0.2) is 46.9 Å². The molecular formula is C15H19NO2. The van der Waals surface area contributed by atoms with Gasteiger partial charge in [0.2, 0.25) is 0 Å². The fourth-order valence-electron chi connectivity index (χ4n) is 1.90. The van der Waals surface area contributed by atoms with Gasteiger partial charge in [-0.15, -0.1) is 0 Å². The van der Waals surface area contributed by atoms with Gasteiger partial charge in [-0.05, 0) is 17.7 Å². The van der Waals surface area contributed by atoms with Crippen LogP contribution in [-0.2, 0) is 13.0 Å². The van der Waals surface area contributed by atoms with Crippen molar-refractivity contribution in [2.45, 2.75) is 25.9 Å². The zero-order valence-electron chi connectivity index (χ0n) is 10.6. The van der Waals surface area contributed by atoms with Crippen molar-refractivity contribution in [1.82, 2.24) is 5.32 Å². The van der Waals surface area contributed by atoms with E-state index in [0.717, 1.165) is 23.5 Å². The molecule has 2 rings (SSSR count). The number of aliphatic hydroxyl groups excluding tert-OH is 1. The molecule has 1 aromatic heterocycles. The highest BCUT2D eigenvalue weighted by Gasteiger charge is 2.10. The molecule has 0 spiro atoms. The Labute approximate surface area is 107 Å². The molecule has 96 valence electrons. The van der Waals surface area contributed by atoms with Gasteiger partial charge in [0, 0.05) is 6.42 Å². The normalized spacial score (nSPS) is 12.6. The van der Waals surface area contributed by atoms with Gasteiger partial charge in [-0.2, -0.15) is 0 Å². The maximum atomic E-state index is 9.42. The Bertz CT molecular complexity index is 464. The summed E-state index contributed by atoms with van der Waals surface area (Å²) in [5.74, 6) is 1.90. The molecule has 1 heterocycles. The Balaban J connectivity index is 1.95. The first-order valence-electron chi connectivity index (χ1n) is 6.30. The highest BCUT2D eigenvalue weighted by Crippen LogP contribution is 2.14. The summed E-state index contributed by atoms with van der Waals surface area (Å²) in [4.78, 5) is 0. The van der Waals surface area contributed by atoms with Crippen LogP contribution in [-0.4, -0.2) is 11.7 Å². The first kappa shape index (κ1) is 12.9. The van der Waals surface area contributed by atoms with E-state index in [4.69, 9.17) is 4.42 Å². The average molecular weight is 245 g/mol. The predicted octanol–water partition coefficient (Wildman–Crippen LogP) is 2.67. The lowest BCUT2D eigenvalue weighted by atomic mass is 10.1. The minimum Gasteiger partial charge on any atom is -0.465 e. The summed E-state index contributed by atoms with van der Waals surface area (Å²) in [5.41, 5.74) is 1.09. The van der Waals surface area contributed by atoms with Crippen LogP contribution < -0.4 is 5.32 Å². The first-order chi connectivity index (χ1) is 8.83. The third-order valence-electron chi connectivity index (χ3n) is 2.97. The van der Waals surface area contributed by atoms with Crippen molar-refractivity contribution in [2.24, 2.45) is 0 Å². The van der Waals surface area contributed by atoms with E-state index in [1.165, 1.54) is 0 Å². The molecule has 3 heteroatoms. The predicted molar refractivity (Wildman–Crippen MR) is 71.2 cm³/mol. The minimum absolute atomic E-state index is 0.0543. The van der Waals surface area contributed by atoms with Crippen LogP contribution in [0.3, 0.4) is 0 Å². The smallest absolute Gasteiger partial charge is 0.117 e. The maximum Gasteiger partial charge on any atom is 0.117 e. The fraction of sp³-hybridized carbons (Fsp3) is 0.333. The Hall–Kier alpha value is -1.58. The molecule has 0 saturated heterocycles.